The lowest BCUT2D eigenvalue weighted by Gasteiger charge is -2.15. The van der Waals surface area contributed by atoms with Gasteiger partial charge in [0.15, 0.2) is 5.58 Å². The summed E-state index contributed by atoms with van der Waals surface area (Å²) < 4.78 is 39.1. The Balaban J connectivity index is 2.15. The molecular formula is C16H11F2NO3. The molecule has 3 rings (SSSR count). The highest BCUT2D eigenvalue weighted by Crippen LogP contribution is 2.38. The maximum Gasteiger partial charge on any atom is 0.348 e. The van der Waals surface area contributed by atoms with Crippen LogP contribution in [-0.4, -0.2) is 18.1 Å². The van der Waals surface area contributed by atoms with E-state index in [1.807, 2.05) is 0 Å². The number of methoxy groups -OCH3 is 1. The number of benzene rings is 2. The predicted molar refractivity (Wildman–Crippen MR) is 74.8 cm³/mol. The van der Waals surface area contributed by atoms with Crippen LogP contribution in [0.15, 0.2) is 52.9 Å². The van der Waals surface area contributed by atoms with E-state index in [0.717, 1.165) is 13.2 Å². The molecule has 0 unspecified atom stereocenters. The van der Waals surface area contributed by atoms with Gasteiger partial charge in [0.25, 0.3) is 5.89 Å². The van der Waals surface area contributed by atoms with E-state index >= 15 is 0 Å². The van der Waals surface area contributed by atoms with Gasteiger partial charge in [-0.05, 0) is 18.2 Å². The zero-order valence-corrected chi connectivity index (χ0v) is 11.5. The molecule has 22 heavy (non-hydrogen) atoms. The number of hydrogen-bond donors (Lipinski definition) is 0. The van der Waals surface area contributed by atoms with Crippen LogP contribution in [0.1, 0.15) is 21.8 Å². The molecule has 0 bridgehead atoms. The lowest BCUT2D eigenvalue weighted by atomic mass is 10.0. The van der Waals surface area contributed by atoms with Crippen molar-refractivity contribution >= 4 is 17.1 Å². The lowest BCUT2D eigenvalue weighted by Crippen LogP contribution is -2.20. The van der Waals surface area contributed by atoms with Gasteiger partial charge in [-0.15, -0.1) is 0 Å². The smallest absolute Gasteiger partial charge is 0.348 e. The zero-order chi connectivity index (χ0) is 15.7. The van der Waals surface area contributed by atoms with E-state index < -0.39 is 23.3 Å². The fourth-order valence-corrected chi connectivity index (χ4v) is 2.17. The molecule has 0 N–H and O–H groups in total. The number of aromatic nitrogens is 1. The van der Waals surface area contributed by atoms with Crippen LogP contribution >= 0.6 is 0 Å². The number of carbonyl (C=O) groups excluding carboxylic acids is 1. The van der Waals surface area contributed by atoms with Crippen molar-refractivity contribution in [1.82, 2.24) is 4.98 Å². The number of ether oxygens (including phenoxy) is 1. The topological polar surface area (TPSA) is 52.3 Å². The fourth-order valence-electron chi connectivity index (χ4n) is 2.17. The third-order valence-corrected chi connectivity index (χ3v) is 3.23. The number of halogens is 2. The second-order valence-electron chi connectivity index (χ2n) is 4.60. The van der Waals surface area contributed by atoms with Crippen molar-refractivity contribution in [3.05, 3.63) is 65.5 Å². The first-order valence-corrected chi connectivity index (χ1v) is 6.45. The molecule has 1 aromatic heterocycles. The zero-order valence-electron chi connectivity index (χ0n) is 11.5. The molecule has 1 heterocycles. The second kappa shape index (κ2) is 5.22. The highest BCUT2D eigenvalue weighted by atomic mass is 19.3. The molecule has 0 spiro atoms. The first-order valence-electron chi connectivity index (χ1n) is 6.45. The van der Waals surface area contributed by atoms with Crippen molar-refractivity contribution in [2.75, 3.05) is 7.11 Å². The first kappa shape index (κ1) is 14.2. The fraction of sp³-hybridized carbons (Fsp3) is 0.125. The number of oxazole rings is 1. The minimum atomic E-state index is -3.55. The van der Waals surface area contributed by atoms with Gasteiger partial charge in [0.2, 0.25) is 0 Å². The van der Waals surface area contributed by atoms with Gasteiger partial charge in [0.1, 0.15) is 5.52 Å². The summed E-state index contributed by atoms with van der Waals surface area (Å²) in [5.74, 6) is -5.15. The Labute approximate surface area is 124 Å². The van der Waals surface area contributed by atoms with Crippen molar-refractivity contribution in [2.24, 2.45) is 0 Å². The van der Waals surface area contributed by atoms with Gasteiger partial charge >= 0.3 is 11.9 Å². The van der Waals surface area contributed by atoms with Crippen molar-refractivity contribution in [1.29, 1.82) is 0 Å². The van der Waals surface area contributed by atoms with Crippen molar-refractivity contribution in [3.63, 3.8) is 0 Å². The Morgan fingerprint density at radius 3 is 2.55 bits per heavy atom. The van der Waals surface area contributed by atoms with Crippen molar-refractivity contribution in [3.8, 4) is 0 Å². The Bertz CT molecular complexity index is 809. The van der Waals surface area contributed by atoms with Gasteiger partial charge in [-0.1, -0.05) is 30.3 Å². The van der Waals surface area contributed by atoms with Gasteiger partial charge in [0, 0.05) is 5.56 Å². The monoisotopic (exact) mass is 303 g/mol. The summed E-state index contributed by atoms with van der Waals surface area (Å²) in [7, 11) is 1.14. The van der Waals surface area contributed by atoms with Gasteiger partial charge in [-0.3, -0.25) is 0 Å². The number of alkyl halides is 2. The summed E-state index contributed by atoms with van der Waals surface area (Å²) in [4.78, 5) is 15.5. The molecule has 3 aromatic rings. The van der Waals surface area contributed by atoms with Gasteiger partial charge in [-0.2, -0.15) is 8.78 Å². The summed E-state index contributed by atoms with van der Waals surface area (Å²) in [5.41, 5.74) is -0.147. The average molecular weight is 303 g/mol. The third kappa shape index (κ3) is 2.22. The van der Waals surface area contributed by atoms with Crippen LogP contribution in [0.4, 0.5) is 8.78 Å². The Morgan fingerprint density at radius 2 is 1.82 bits per heavy atom. The molecule has 4 nitrogen and oxygen atoms in total. The Hall–Kier alpha value is -2.76. The molecule has 0 aliphatic rings. The van der Waals surface area contributed by atoms with E-state index in [-0.39, 0.29) is 11.1 Å². The molecule has 6 heteroatoms. The largest absolute Gasteiger partial charge is 0.465 e. The number of fused-ring (bicyclic) bond motifs is 1. The summed E-state index contributed by atoms with van der Waals surface area (Å²) >= 11 is 0. The molecule has 0 aliphatic carbocycles. The van der Waals surface area contributed by atoms with Crippen LogP contribution in [0.5, 0.6) is 0 Å². The molecular weight excluding hydrogens is 292 g/mol. The summed E-state index contributed by atoms with van der Waals surface area (Å²) in [6.45, 7) is 0. The van der Waals surface area contributed by atoms with E-state index in [1.54, 1.807) is 24.3 Å². The maximum absolute atomic E-state index is 14.7. The molecule has 0 saturated heterocycles. The van der Waals surface area contributed by atoms with E-state index in [9.17, 15) is 13.6 Å². The summed E-state index contributed by atoms with van der Waals surface area (Å²) in [6, 6.07) is 11.8. The third-order valence-electron chi connectivity index (χ3n) is 3.23. The minimum Gasteiger partial charge on any atom is -0.465 e. The molecule has 0 radical (unpaired) electrons. The normalized spacial score (nSPS) is 11.6. The van der Waals surface area contributed by atoms with Crippen molar-refractivity contribution in [2.45, 2.75) is 5.92 Å². The number of nitrogens with zero attached hydrogens (tertiary/aromatic N) is 1. The molecule has 0 fully saturated rings. The SMILES string of the molecule is COC(=O)c1ccccc1C(F)(F)c1nc2ccccc2o1. The average Bonchev–Trinajstić information content (AvgIpc) is 2.99. The summed E-state index contributed by atoms with van der Waals surface area (Å²) in [5, 5.41) is 0. The van der Waals surface area contributed by atoms with Gasteiger partial charge in [-0.25, -0.2) is 9.78 Å². The van der Waals surface area contributed by atoms with Crippen LogP contribution in [0.25, 0.3) is 11.1 Å². The second-order valence-corrected chi connectivity index (χ2v) is 4.60. The van der Waals surface area contributed by atoms with Crippen LogP contribution in [0.2, 0.25) is 0 Å². The number of carbonyl (C=O) groups is 1. The van der Waals surface area contributed by atoms with Crippen LogP contribution in [0, 0.1) is 0 Å². The number of para-hydroxylation sites is 2. The minimum absolute atomic E-state index is 0.225. The predicted octanol–water partition coefficient (Wildman–Crippen LogP) is 3.75. The summed E-state index contributed by atoms with van der Waals surface area (Å²) in [6.07, 6.45) is 0. The molecule has 0 amide bonds. The standard InChI is InChI=1S/C16H11F2NO3/c1-21-14(20)10-6-2-3-7-11(10)16(17,18)15-19-12-8-4-5-9-13(12)22-15/h2-9H,1H3. The van der Waals surface area contributed by atoms with E-state index in [4.69, 9.17) is 4.42 Å². The Kier molecular flexibility index (Phi) is 3.36. The van der Waals surface area contributed by atoms with Gasteiger partial charge in [0.05, 0.1) is 12.7 Å². The highest BCUT2D eigenvalue weighted by molar-refractivity contribution is 5.91. The molecule has 112 valence electrons. The van der Waals surface area contributed by atoms with E-state index in [2.05, 4.69) is 9.72 Å². The number of esters is 1. The highest BCUT2D eigenvalue weighted by Gasteiger charge is 2.42. The maximum atomic E-state index is 14.7. The van der Waals surface area contributed by atoms with Crippen LogP contribution in [0.3, 0.4) is 0 Å². The number of rotatable bonds is 3. The number of hydrogen-bond acceptors (Lipinski definition) is 4. The first-order chi connectivity index (χ1) is 10.5. The van der Waals surface area contributed by atoms with Crippen LogP contribution < -0.4 is 0 Å². The molecule has 2 aromatic carbocycles. The molecule has 0 aliphatic heterocycles. The quantitative estimate of drug-likeness (QED) is 0.691. The van der Waals surface area contributed by atoms with Crippen LogP contribution in [-0.2, 0) is 10.7 Å². The lowest BCUT2D eigenvalue weighted by molar-refractivity contribution is 0.0125. The molecule has 0 saturated carbocycles. The molecule has 0 atom stereocenters. The Morgan fingerprint density at radius 1 is 1.14 bits per heavy atom. The van der Waals surface area contributed by atoms with E-state index in [1.165, 1.54) is 18.2 Å². The van der Waals surface area contributed by atoms with Gasteiger partial charge < -0.3 is 9.15 Å². The van der Waals surface area contributed by atoms with E-state index in [0.29, 0.717) is 5.52 Å². The van der Waals surface area contributed by atoms with Crippen molar-refractivity contribution < 1.29 is 22.7 Å².